The fourth-order valence-electron chi connectivity index (χ4n) is 5.78. The monoisotopic (exact) mass is 611 g/mol. The Morgan fingerprint density at radius 2 is 1.55 bits per heavy atom. The summed E-state index contributed by atoms with van der Waals surface area (Å²) in [5, 5.41) is 5.15. The Morgan fingerprint density at radius 1 is 0.833 bits per heavy atom. The number of anilines is 2. The second kappa shape index (κ2) is 10.6. The normalized spacial score (nSPS) is 19.5. The first-order chi connectivity index (χ1) is 20.4. The second-order valence-corrected chi connectivity index (χ2v) is 12.7. The molecule has 0 aliphatic carbocycles. The van der Waals surface area contributed by atoms with E-state index in [1.54, 1.807) is 36.4 Å². The number of imide groups is 1. The largest absolute Gasteiger partial charge is 0.324 e. The van der Waals surface area contributed by atoms with Crippen LogP contribution in [0, 0.1) is 5.92 Å². The number of nitrogens with one attached hydrogen (secondary N) is 1. The van der Waals surface area contributed by atoms with Gasteiger partial charge in [-0.15, -0.1) is 0 Å². The first-order valence-corrected chi connectivity index (χ1v) is 15.3. The van der Waals surface area contributed by atoms with Crippen molar-refractivity contribution in [1.82, 2.24) is 4.57 Å². The van der Waals surface area contributed by atoms with E-state index < -0.39 is 17.1 Å². The molecule has 1 aromatic heterocycles. The molecule has 1 saturated heterocycles. The van der Waals surface area contributed by atoms with Crippen molar-refractivity contribution in [1.29, 1.82) is 0 Å². The molecular weight excluding hydrogens is 590 g/mol. The molecule has 7 nitrogen and oxygen atoms in total. The van der Waals surface area contributed by atoms with Crippen LogP contribution in [-0.2, 0) is 20.9 Å². The number of para-hydroxylation sites is 1. The highest BCUT2D eigenvalue weighted by Crippen LogP contribution is 2.53. The van der Waals surface area contributed by atoms with E-state index in [-0.39, 0.29) is 29.1 Å². The van der Waals surface area contributed by atoms with E-state index in [0.717, 1.165) is 27.7 Å². The Kier molecular flexibility index (Phi) is 6.73. The highest BCUT2D eigenvalue weighted by Gasteiger charge is 2.56. The molecule has 10 heteroatoms. The van der Waals surface area contributed by atoms with Crippen LogP contribution in [0.2, 0.25) is 5.02 Å². The molecule has 5 aromatic rings. The molecule has 0 spiro atoms. The average Bonchev–Trinajstić information content (AvgIpc) is 3.44. The van der Waals surface area contributed by atoms with Crippen LogP contribution in [0.1, 0.15) is 16.4 Å². The zero-order chi connectivity index (χ0) is 29.0. The minimum Gasteiger partial charge on any atom is -0.324 e. The first kappa shape index (κ1) is 26.7. The van der Waals surface area contributed by atoms with Gasteiger partial charge in [-0.1, -0.05) is 101 Å². The number of hydrogen-bond donors (Lipinski definition) is 1. The van der Waals surface area contributed by atoms with E-state index in [9.17, 15) is 19.2 Å². The summed E-state index contributed by atoms with van der Waals surface area (Å²) in [4.78, 5) is 56.0. The number of hydrogen-bond acceptors (Lipinski definition) is 6. The van der Waals surface area contributed by atoms with Crippen LogP contribution in [0.3, 0.4) is 0 Å². The lowest BCUT2D eigenvalue weighted by Gasteiger charge is -2.30. The number of carbonyl (C=O) groups excluding carboxylic acids is 3. The van der Waals surface area contributed by atoms with Gasteiger partial charge in [0.25, 0.3) is 0 Å². The number of amides is 3. The molecule has 3 atom stereocenters. The Hall–Kier alpha value is -4.18. The van der Waals surface area contributed by atoms with Crippen LogP contribution in [0.25, 0.3) is 10.8 Å². The minimum atomic E-state index is -0.757. The number of nitrogens with zero attached hydrogens (tertiary/aromatic N) is 2. The Balaban J connectivity index is 1.28. The third kappa shape index (κ3) is 4.45. The summed E-state index contributed by atoms with van der Waals surface area (Å²) < 4.78 is 1.42. The molecule has 2 aliphatic heterocycles. The van der Waals surface area contributed by atoms with Crippen molar-refractivity contribution in [2.75, 3.05) is 10.2 Å². The van der Waals surface area contributed by atoms with Crippen molar-refractivity contribution in [3.63, 3.8) is 0 Å². The summed E-state index contributed by atoms with van der Waals surface area (Å²) in [6, 6.07) is 29.4. The molecule has 1 N–H and O–H groups in total. The molecule has 3 unspecified atom stereocenters. The van der Waals surface area contributed by atoms with Crippen molar-refractivity contribution in [3.8, 4) is 0 Å². The van der Waals surface area contributed by atoms with Crippen LogP contribution in [0.15, 0.2) is 107 Å². The van der Waals surface area contributed by atoms with Gasteiger partial charge in [0, 0.05) is 26.9 Å². The summed E-state index contributed by atoms with van der Waals surface area (Å²) in [6.07, 6.45) is 0. The zero-order valence-electron chi connectivity index (χ0n) is 21.9. The number of aromatic nitrogens is 1. The topological polar surface area (TPSA) is 88.5 Å². The number of fused-ring (bicyclic) bond motifs is 3. The zero-order valence-corrected chi connectivity index (χ0v) is 24.3. The van der Waals surface area contributed by atoms with Crippen molar-refractivity contribution >= 4 is 74.6 Å². The number of halogens is 1. The van der Waals surface area contributed by atoms with Crippen LogP contribution >= 0.6 is 34.7 Å². The Morgan fingerprint density at radius 3 is 2.33 bits per heavy atom. The molecule has 208 valence electrons. The average molecular weight is 612 g/mol. The van der Waals surface area contributed by atoms with E-state index >= 15 is 0 Å². The van der Waals surface area contributed by atoms with Gasteiger partial charge in [0.2, 0.25) is 17.7 Å². The summed E-state index contributed by atoms with van der Waals surface area (Å²) in [5.74, 6) is -2.27. The highest BCUT2D eigenvalue weighted by molar-refractivity contribution is 8.00. The lowest BCUT2D eigenvalue weighted by atomic mass is 9.83. The van der Waals surface area contributed by atoms with Gasteiger partial charge < -0.3 is 5.32 Å². The summed E-state index contributed by atoms with van der Waals surface area (Å²) >= 11 is 8.39. The van der Waals surface area contributed by atoms with Crippen LogP contribution in [0.4, 0.5) is 11.4 Å². The quantitative estimate of drug-likeness (QED) is 0.241. The van der Waals surface area contributed by atoms with E-state index in [1.807, 2.05) is 60.7 Å². The second-order valence-electron chi connectivity index (χ2n) is 10.1. The van der Waals surface area contributed by atoms with Crippen molar-refractivity contribution in [2.45, 2.75) is 22.7 Å². The Bertz CT molecular complexity index is 1930. The molecule has 4 aromatic carbocycles. The molecule has 2 aliphatic rings. The number of thiazole rings is 1. The van der Waals surface area contributed by atoms with Gasteiger partial charge in [-0.05, 0) is 41.3 Å². The van der Waals surface area contributed by atoms with Crippen molar-refractivity contribution in [3.05, 3.63) is 122 Å². The minimum absolute atomic E-state index is 0.226. The van der Waals surface area contributed by atoms with E-state index in [1.165, 1.54) is 21.2 Å². The van der Waals surface area contributed by atoms with Crippen molar-refractivity contribution < 1.29 is 14.4 Å². The molecule has 3 amide bonds. The van der Waals surface area contributed by atoms with Gasteiger partial charge in [-0.3, -0.25) is 23.7 Å². The van der Waals surface area contributed by atoms with Gasteiger partial charge in [0.15, 0.2) is 0 Å². The van der Waals surface area contributed by atoms with Gasteiger partial charge in [-0.2, -0.15) is 0 Å². The molecule has 0 bridgehead atoms. The summed E-state index contributed by atoms with van der Waals surface area (Å²) in [7, 11) is 0. The predicted molar refractivity (Wildman–Crippen MR) is 167 cm³/mol. The molecule has 1 fully saturated rings. The molecule has 0 saturated carbocycles. The maximum atomic E-state index is 13.9. The lowest BCUT2D eigenvalue weighted by molar-refractivity contribution is -0.122. The summed E-state index contributed by atoms with van der Waals surface area (Å²) in [5.41, 5.74) is 1.94. The fourth-order valence-corrected chi connectivity index (χ4v) is 8.68. The number of thioether (sulfide) groups is 1. The van der Waals surface area contributed by atoms with Crippen molar-refractivity contribution in [2.24, 2.45) is 5.92 Å². The smallest absolute Gasteiger partial charge is 0.308 e. The van der Waals surface area contributed by atoms with E-state index in [2.05, 4.69) is 5.32 Å². The fraction of sp³-hybridized carbons (Fsp3) is 0.125. The first-order valence-electron chi connectivity index (χ1n) is 13.3. The predicted octanol–water partition coefficient (Wildman–Crippen LogP) is 6.15. The molecule has 42 heavy (non-hydrogen) atoms. The van der Waals surface area contributed by atoms with E-state index in [0.29, 0.717) is 26.3 Å². The maximum Gasteiger partial charge on any atom is 0.308 e. The summed E-state index contributed by atoms with van der Waals surface area (Å²) in [6.45, 7) is -0.226. The Labute approximate surface area is 253 Å². The molecule has 7 rings (SSSR count). The third-order valence-corrected chi connectivity index (χ3v) is 10.5. The maximum absolute atomic E-state index is 13.9. The van der Waals surface area contributed by atoms with Gasteiger partial charge in [0.1, 0.15) is 11.8 Å². The lowest BCUT2D eigenvalue weighted by Crippen LogP contribution is -2.33. The standard InChI is InChI=1S/C32H22ClN3O4S2/c33-20-15-13-19(14-16-20)25-26-27(30(39)36(29(26)38)21-9-2-1-3-10-21)41-31-28(25)42-32(40)35(31)17-24(37)34-23-12-6-8-18-7-4-5-11-22(18)23/h1-16,25-27H,17H2,(H,34,37). The number of carbonyl (C=O) groups is 3. The third-order valence-electron chi connectivity index (χ3n) is 7.66. The molecule has 3 heterocycles. The number of rotatable bonds is 5. The van der Waals surface area contributed by atoms with Gasteiger partial charge in [-0.25, -0.2) is 4.90 Å². The number of benzene rings is 4. The highest BCUT2D eigenvalue weighted by atomic mass is 35.5. The SMILES string of the molecule is O=C(Cn1c2c(sc1=O)C(c1ccc(Cl)cc1)C1C(=O)N(c3ccccc3)C(=O)C1S2)Nc1cccc2ccccc12. The van der Waals surface area contributed by atoms with Crippen LogP contribution < -0.4 is 15.1 Å². The van der Waals surface area contributed by atoms with Gasteiger partial charge in [0.05, 0.1) is 16.6 Å². The molecular formula is C32H22ClN3O4S2. The van der Waals surface area contributed by atoms with Gasteiger partial charge >= 0.3 is 4.87 Å². The molecule has 0 radical (unpaired) electrons. The van der Waals surface area contributed by atoms with Crippen LogP contribution in [-0.4, -0.2) is 27.5 Å². The van der Waals surface area contributed by atoms with E-state index in [4.69, 9.17) is 11.6 Å². The van der Waals surface area contributed by atoms with Crippen LogP contribution in [0.5, 0.6) is 0 Å².